The number of rotatable bonds is 8. The lowest BCUT2D eigenvalue weighted by Gasteiger charge is -2.40. The Morgan fingerprint density at radius 1 is 1.12 bits per heavy atom. The first-order chi connectivity index (χ1) is 15.5. The molecule has 5 heteroatoms. The number of carbonyl (C=O) groups is 1. The molecule has 2 aliphatic rings. The van der Waals surface area contributed by atoms with Gasteiger partial charge in [0, 0.05) is 26.1 Å². The molecule has 32 heavy (non-hydrogen) atoms. The summed E-state index contributed by atoms with van der Waals surface area (Å²) in [6.07, 6.45) is 4.03. The summed E-state index contributed by atoms with van der Waals surface area (Å²) in [5.41, 5.74) is 4.46. The number of hydrogen-bond acceptors (Lipinski definition) is 4. The Labute approximate surface area is 192 Å². The molecular weight excluding hydrogens is 398 g/mol. The minimum Gasteiger partial charge on any atom is -0.497 e. The number of ether oxygens (including phenoxy) is 1. The summed E-state index contributed by atoms with van der Waals surface area (Å²) >= 11 is 0. The van der Waals surface area contributed by atoms with Crippen molar-refractivity contribution < 1.29 is 9.53 Å². The molecule has 172 valence electrons. The van der Waals surface area contributed by atoms with Crippen LogP contribution < -0.4 is 10.1 Å². The molecule has 1 N–H and O–H groups in total. The van der Waals surface area contributed by atoms with E-state index >= 15 is 0 Å². The van der Waals surface area contributed by atoms with E-state index in [-0.39, 0.29) is 11.3 Å². The van der Waals surface area contributed by atoms with Gasteiger partial charge in [0.2, 0.25) is 5.91 Å². The van der Waals surface area contributed by atoms with Gasteiger partial charge in [-0.05, 0) is 86.6 Å². The Kier molecular flexibility index (Phi) is 7.17. The molecule has 1 fully saturated rings. The topological polar surface area (TPSA) is 44.8 Å². The van der Waals surface area contributed by atoms with Crippen LogP contribution in [-0.2, 0) is 16.8 Å². The average Bonchev–Trinajstić information content (AvgIpc) is 3.09. The normalized spacial score (nSPS) is 19.8. The summed E-state index contributed by atoms with van der Waals surface area (Å²) in [7, 11) is 5.77. The number of fused-ring (bicyclic) bond motifs is 2. The number of carbonyl (C=O) groups excluding carboxylic acids is 1. The first-order valence-corrected chi connectivity index (χ1v) is 11.9. The van der Waals surface area contributed by atoms with Gasteiger partial charge in [0.25, 0.3) is 0 Å². The largest absolute Gasteiger partial charge is 0.497 e. The molecule has 4 rings (SSSR count). The lowest BCUT2D eigenvalue weighted by Crippen LogP contribution is -2.41. The molecule has 1 amide bonds. The van der Waals surface area contributed by atoms with E-state index in [1.54, 1.807) is 7.11 Å². The van der Waals surface area contributed by atoms with Crippen molar-refractivity contribution in [1.29, 1.82) is 0 Å². The molecule has 5 nitrogen and oxygen atoms in total. The maximum atomic E-state index is 12.6. The lowest BCUT2D eigenvalue weighted by atomic mass is 9.73. The number of piperidine rings is 1. The minimum atomic E-state index is 0.181. The first-order valence-electron chi connectivity index (χ1n) is 11.9. The fraction of sp³-hybridized carbons (Fsp3) is 0.519. The van der Waals surface area contributed by atoms with E-state index in [0.717, 1.165) is 38.3 Å². The van der Waals surface area contributed by atoms with Crippen molar-refractivity contribution in [2.45, 2.75) is 43.6 Å². The van der Waals surface area contributed by atoms with Crippen LogP contribution in [0.1, 0.15) is 48.3 Å². The molecule has 0 bridgehead atoms. The molecule has 1 unspecified atom stereocenters. The predicted molar refractivity (Wildman–Crippen MR) is 129 cm³/mol. The van der Waals surface area contributed by atoms with Crippen LogP contribution in [-0.4, -0.2) is 63.1 Å². The van der Waals surface area contributed by atoms with Gasteiger partial charge >= 0.3 is 0 Å². The molecular formula is C27H37N3O2. The Bertz CT molecular complexity index is 901. The van der Waals surface area contributed by atoms with Crippen molar-refractivity contribution >= 4 is 5.91 Å². The molecule has 1 aliphatic heterocycles. The third-order valence-corrected chi connectivity index (χ3v) is 7.30. The van der Waals surface area contributed by atoms with Gasteiger partial charge in [-0.25, -0.2) is 0 Å². The van der Waals surface area contributed by atoms with Crippen LogP contribution >= 0.6 is 0 Å². The highest BCUT2D eigenvalue weighted by atomic mass is 16.5. The fourth-order valence-electron chi connectivity index (χ4n) is 5.53. The van der Waals surface area contributed by atoms with E-state index in [9.17, 15) is 4.79 Å². The van der Waals surface area contributed by atoms with Crippen molar-refractivity contribution in [3.8, 4) is 5.75 Å². The third kappa shape index (κ3) is 5.16. The highest BCUT2D eigenvalue weighted by Gasteiger charge is 2.45. The second-order valence-corrected chi connectivity index (χ2v) is 9.75. The predicted octanol–water partition coefficient (Wildman–Crippen LogP) is 3.78. The SMILES string of the molecule is COc1ccc(CN2CCC3(CC2)CC(CC(=O)NCCN(C)C)c2ccccc23)cc1. The zero-order valence-electron chi connectivity index (χ0n) is 19.8. The number of benzene rings is 2. The van der Waals surface area contributed by atoms with E-state index in [4.69, 9.17) is 4.74 Å². The van der Waals surface area contributed by atoms with Gasteiger partial charge in [-0.1, -0.05) is 36.4 Å². The second-order valence-electron chi connectivity index (χ2n) is 9.75. The molecule has 2 aromatic rings. The second kappa shape index (κ2) is 10.1. The number of amides is 1. The summed E-state index contributed by atoms with van der Waals surface area (Å²) in [5, 5.41) is 3.11. The fourth-order valence-corrected chi connectivity index (χ4v) is 5.53. The molecule has 1 heterocycles. The highest BCUT2D eigenvalue weighted by Crippen LogP contribution is 2.52. The lowest BCUT2D eigenvalue weighted by molar-refractivity contribution is -0.121. The summed E-state index contributed by atoms with van der Waals surface area (Å²) in [6, 6.07) is 17.3. The highest BCUT2D eigenvalue weighted by molar-refractivity contribution is 5.77. The van der Waals surface area contributed by atoms with E-state index in [1.165, 1.54) is 29.5 Å². The molecule has 1 aliphatic carbocycles. The molecule has 1 atom stereocenters. The van der Waals surface area contributed by atoms with Crippen molar-refractivity contribution in [2.75, 3.05) is 47.4 Å². The molecule has 0 radical (unpaired) electrons. The van der Waals surface area contributed by atoms with Gasteiger partial charge in [0.15, 0.2) is 0 Å². The van der Waals surface area contributed by atoms with E-state index in [0.29, 0.717) is 18.9 Å². The molecule has 0 saturated carbocycles. The average molecular weight is 436 g/mol. The smallest absolute Gasteiger partial charge is 0.220 e. The van der Waals surface area contributed by atoms with Crippen LogP contribution in [0.4, 0.5) is 0 Å². The zero-order chi connectivity index (χ0) is 22.6. The third-order valence-electron chi connectivity index (χ3n) is 7.30. The maximum absolute atomic E-state index is 12.6. The summed E-state index contributed by atoms with van der Waals surface area (Å²) < 4.78 is 5.28. The summed E-state index contributed by atoms with van der Waals surface area (Å²) in [6.45, 7) is 4.77. The standard InChI is InChI=1S/C27H37N3O2/c1-29(2)17-14-28-26(31)18-22-19-27(25-7-5-4-6-24(22)25)12-15-30(16-13-27)20-21-8-10-23(32-3)11-9-21/h4-11,22H,12-20H2,1-3H3,(H,28,31). The van der Waals surface area contributed by atoms with Crippen LogP contribution in [0.3, 0.4) is 0 Å². The minimum absolute atomic E-state index is 0.181. The number of likely N-dealkylation sites (tertiary alicyclic amines) is 1. The summed E-state index contributed by atoms with van der Waals surface area (Å²) in [4.78, 5) is 17.3. The van der Waals surface area contributed by atoms with E-state index < -0.39 is 0 Å². The van der Waals surface area contributed by atoms with Gasteiger partial charge in [-0.3, -0.25) is 9.69 Å². The zero-order valence-corrected chi connectivity index (χ0v) is 19.8. The molecule has 0 aromatic heterocycles. The Morgan fingerprint density at radius 3 is 2.53 bits per heavy atom. The number of nitrogens with zero attached hydrogens (tertiary/aromatic N) is 2. The number of nitrogens with one attached hydrogen (secondary N) is 1. The number of likely N-dealkylation sites (N-methyl/N-ethyl adjacent to an activating group) is 1. The van der Waals surface area contributed by atoms with Gasteiger partial charge < -0.3 is 15.0 Å². The quantitative estimate of drug-likeness (QED) is 0.685. The van der Waals surface area contributed by atoms with E-state index in [1.807, 2.05) is 26.2 Å². The van der Waals surface area contributed by atoms with Gasteiger partial charge in [-0.15, -0.1) is 0 Å². The van der Waals surface area contributed by atoms with Gasteiger partial charge in [0.1, 0.15) is 5.75 Å². The molecule has 1 spiro atoms. The number of methoxy groups -OCH3 is 1. The van der Waals surface area contributed by atoms with Gasteiger partial charge in [0.05, 0.1) is 7.11 Å². The van der Waals surface area contributed by atoms with Crippen LogP contribution in [0.5, 0.6) is 5.75 Å². The van der Waals surface area contributed by atoms with Crippen LogP contribution in [0, 0.1) is 0 Å². The Morgan fingerprint density at radius 2 is 1.84 bits per heavy atom. The van der Waals surface area contributed by atoms with Crippen LogP contribution in [0.2, 0.25) is 0 Å². The Balaban J connectivity index is 1.38. The monoisotopic (exact) mass is 435 g/mol. The van der Waals surface area contributed by atoms with E-state index in [2.05, 4.69) is 51.5 Å². The van der Waals surface area contributed by atoms with Crippen molar-refractivity contribution in [2.24, 2.45) is 0 Å². The van der Waals surface area contributed by atoms with Crippen molar-refractivity contribution in [3.63, 3.8) is 0 Å². The maximum Gasteiger partial charge on any atom is 0.220 e. The van der Waals surface area contributed by atoms with Gasteiger partial charge in [-0.2, -0.15) is 0 Å². The summed E-state index contributed by atoms with van der Waals surface area (Å²) in [5.74, 6) is 1.42. The molecule has 1 saturated heterocycles. The van der Waals surface area contributed by atoms with Crippen molar-refractivity contribution in [1.82, 2.24) is 15.1 Å². The molecule has 2 aromatic carbocycles. The van der Waals surface area contributed by atoms with Crippen LogP contribution in [0.15, 0.2) is 48.5 Å². The van der Waals surface area contributed by atoms with Crippen molar-refractivity contribution in [3.05, 3.63) is 65.2 Å². The first kappa shape index (κ1) is 22.8. The van der Waals surface area contributed by atoms with Crippen LogP contribution in [0.25, 0.3) is 0 Å². The Hall–Kier alpha value is -2.37. The number of hydrogen-bond donors (Lipinski definition) is 1.